The van der Waals surface area contributed by atoms with Crippen LogP contribution in [0.15, 0.2) is 18.3 Å². The van der Waals surface area contributed by atoms with Crippen molar-refractivity contribution in [2.24, 2.45) is 11.8 Å². The lowest BCUT2D eigenvalue weighted by atomic mass is 9.95. The van der Waals surface area contributed by atoms with E-state index in [0.29, 0.717) is 0 Å². The van der Waals surface area contributed by atoms with Gasteiger partial charge in [-0.1, -0.05) is 19.9 Å². The highest BCUT2D eigenvalue weighted by Crippen LogP contribution is 2.28. The van der Waals surface area contributed by atoms with E-state index < -0.39 is 0 Å². The Bertz CT molecular complexity index is 266. The third kappa shape index (κ3) is 1.90. The van der Waals surface area contributed by atoms with Gasteiger partial charge in [0.15, 0.2) is 0 Å². The molecule has 1 aliphatic rings. The zero-order valence-electron chi connectivity index (χ0n) is 8.46. The van der Waals surface area contributed by atoms with Gasteiger partial charge >= 0.3 is 0 Å². The van der Waals surface area contributed by atoms with Crippen LogP contribution in [0.3, 0.4) is 0 Å². The standard InChI is InChI=1S/C12H17N/c1-9(2)6-10-7-11-4-3-5-13-12(11)8-10/h3-5,9-10H,6-8H2,1-2H3. The van der Waals surface area contributed by atoms with Crippen LogP contribution in [0.4, 0.5) is 0 Å². The second-order valence-electron chi connectivity index (χ2n) is 4.51. The van der Waals surface area contributed by atoms with Gasteiger partial charge < -0.3 is 0 Å². The fraction of sp³-hybridized carbons (Fsp3) is 0.583. The van der Waals surface area contributed by atoms with Crippen molar-refractivity contribution in [1.29, 1.82) is 0 Å². The molecule has 0 spiro atoms. The second kappa shape index (κ2) is 3.49. The molecular weight excluding hydrogens is 158 g/mol. The number of nitrogens with zero attached hydrogens (tertiary/aromatic N) is 1. The Morgan fingerprint density at radius 3 is 3.00 bits per heavy atom. The van der Waals surface area contributed by atoms with Gasteiger partial charge in [0, 0.05) is 11.9 Å². The van der Waals surface area contributed by atoms with Crippen LogP contribution in [0.2, 0.25) is 0 Å². The predicted octanol–water partition coefficient (Wildman–Crippen LogP) is 2.84. The molecule has 1 heteroatoms. The average Bonchev–Trinajstić information content (AvgIpc) is 2.44. The van der Waals surface area contributed by atoms with E-state index >= 15 is 0 Å². The van der Waals surface area contributed by atoms with Crippen LogP contribution >= 0.6 is 0 Å². The molecule has 13 heavy (non-hydrogen) atoms. The van der Waals surface area contributed by atoms with Crippen LogP contribution < -0.4 is 0 Å². The van der Waals surface area contributed by atoms with E-state index in [1.165, 1.54) is 30.5 Å². The molecule has 0 saturated carbocycles. The molecule has 1 aromatic rings. The SMILES string of the molecule is CC(C)CC1Cc2cccnc2C1. The van der Waals surface area contributed by atoms with Crippen LogP contribution in [0.5, 0.6) is 0 Å². The van der Waals surface area contributed by atoms with Crippen molar-refractivity contribution in [1.82, 2.24) is 4.98 Å². The van der Waals surface area contributed by atoms with Gasteiger partial charge in [0.05, 0.1) is 0 Å². The van der Waals surface area contributed by atoms with E-state index in [1.54, 1.807) is 0 Å². The largest absolute Gasteiger partial charge is 0.261 e. The van der Waals surface area contributed by atoms with Gasteiger partial charge in [0.2, 0.25) is 0 Å². The van der Waals surface area contributed by atoms with Crippen molar-refractivity contribution in [3.05, 3.63) is 29.6 Å². The third-order valence-electron chi connectivity index (χ3n) is 2.78. The summed E-state index contributed by atoms with van der Waals surface area (Å²) in [5, 5.41) is 0. The lowest BCUT2D eigenvalue weighted by molar-refractivity contribution is 0.425. The van der Waals surface area contributed by atoms with Crippen LogP contribution in [0, 0.1) is 11.8 Å². The van der Waals surface area contributed by atoms with Crippen molar-refractivity contribution >= 4 is 0 Å². The Morgan fingerprint density at radius 2 is 2.31 bits per heavy atom. The van der Waals surface area contributed by atoms with Crippen LogP contribution in [0.25, 0.3) is 0 Å². The van der Waals surface area contributed by atoms with E-state index in [0.717, 1.165) is 11.8 Å². The predicted molar refractivity (Wildman–Crippen MR) is 54.6 cm³/mol. The highest BCUT2D eigenvalue weighted by Gasteiger charge is 2.22. The topological polar surface area (TPSA) is 12.9 Å². The Balaban J connectivity index is 2.05. The Hall–Kier alpha value is -0.850. The van der Waals surface area contributed by atoms with E-state index in [4.69, 9.17) is 0 Å². The zero-order chi connectivity index (χ0) is 9.26. The Kier molecular flexibility index (Phi) is 2.34. The summed E-state index contributed by atoms with van der Waals surface area (Å²) in [6, 6.07) is 4.28. The van der Waals surface area contributed by atoms with Crippen LogP contribution in [-0.4, -0.2) is 4.98 Å². The van der Waals surface area contributed by atoms with Crippen molar-refractivity contribution in [2.75, 3.05) is 0 Å². The molecule has 0 radical (unpaired) electrons. The fourth-order valence-electron chi connectivity index (χ4n) is 2.33. The molecule has 1 unspecified atom stereocenters. The lowest BCUT2D eigenvalue weighted by Crippen LogP contribution is -2.03. The minimum absolute atomic E-state index is 0.819. The number of hydrogen-bond donors (Lipinski definition) is 0. The van der Waals surface area contributed by atoms with Gasteiger partial charge in [-0.05, 0) is 42.7 Å². The smallest absolute Gasteiger partial charge is 0.0438 e. The molecule has 0 amide bonds. The summed E-state index contributed by atoms with van der Waals surface area (Å²) in [7, 11) is 0. The van der Waals surface area contributed by atoms with E-state index in [1.807, 2.05) is 6.20 Å². The maximum atomic E-state index is 4.42. The quantitative estimate of drug-likeness (QED) is 0.673. The van der Waals surface area contributed by atoms with Gasteiger partial charge in [-0.3, -0.25) is 4.98 Å². The molecular formula is C12H17N. The first-order chi connectivity index (χ1) is 6.25. The molecule has 0 saturated heterocycles. The van der Waals surface area contributed by atoms with Gasteiger partial charge in [-0.15, -0.1) is 0 Å². The summed E-state index contributed by atoms with van der Waals surface area (Å²) in [4.78, 5) is 4.42. The van der Waals surface area contributed by atoms with Crippen molar-refractivity contribution in [2.45, 2.75) is 33.1 Å². The summed E-state index contributed by atoms with van der Waals surface area (Å²) in [6.07, 6.45) is 5.71. The first-order valence-corrected chi connectivity index (χ1v) is 5.18. The van der Waals surface area contributed by atoms with Gasteiger partial charge in [0.25, 0.3) is 0 Å². The van der Waals surface area contributed by atoms with Crippen molar-refractivity contribution in [3.63, 3.8) is 0 Å². The molecule has 0 N–H and O–H groups in total. The highest BCUT2D eigenvalue weighted by molar-refractivity contribution is 5.25. The molecule has 1 atom stereocenters. The van der Waals surface area contributed by atoms with Gasteiger partial charge in [0.1, 0.15) is 0 Å². The molecule has 2 rings (SSSR count). The van der Waals surface area contributed by atoms with Crippen molar-refractivity contribution < 1.29 is 0 Å². The molecule has 0 fully saturated rings. The molecule has 0 bridgehead atoms. The number of pyridine rings is 1. The van der Waals surface area contributed by atoms with Crippen LogP contribution in [-0.2, 0) is 12.8 Å². The molecule has 1 heterocycles. The molecule has 1 aliphatic carbocycles. The van der Waals surface area contributed by atoms with Crippen LogP contribution in [0.1, 0.15) is 31.5 Å². The van der Waals surface area contributed by atoms with Gasteiger partial charge in [-0.25, -0.2) is 0 Å². The summed E-state index contributed by atoms with van der Waals surface area (Å²) in [5.41, 5.74) is 2.82. The molecule has 0 aromatic carbocycles. The summed E-state index contributed by atoms with van der Waals surface area (Å²) in [5.74, 6) is 1.67. The second-order valence-corrected chi connectivity index (χ2v) is 4.51. The monoisotopic (exact) mass is 175 g/mol. The number of fused-ring (bicyclic) bond motifs is 1. The number of rotatable bonds is 2. The summed E-state index contributed by atoms with van der Waals surface area (Å²) in [6.45, 7) is 4.60. The first kappa shape index (κ1) is 8.74. The first-order valence-electron chi connectivity index (χ1n) is 5.18. The maximum absolute atomic E-state index is 4.42. The molecule has 70 valence electrons. The normalized spacial score (nSPS) is 20.7. The summed E-state index contributed by atoms with van der Waals surface area (Å²) >= 11 is 0. The minimum Gasteiger partial charge on any atom is -0.261 e. The summed E-state index contributed by atoms with van der Waals surface area (Å²) < 4.78 is 0. The average molecular weight is 175 g/mol. The van der Waals surface area contributed by atoms with E-state index in [9.17, 15) is 0 Å². The van der Waals surface area contributed by atoms with Gasteiger partial charge in [-0.2, -0.15) is 0 Å². The van der Waals surface area contributed by atoms with Crippen molar-refractivity contribution in [3.8, 4) is 0 Å². The molecule has 1 aromatic heterocycles. The fourth-order valence-corrected chi connectivity index (χ4v) is 2.33. The zero-order valence-corrected chi connectivity index (χ0v) is 8.46. The lowest BCUT2D eigenvalue weighted by Gasteiger charge is -2.10. The molecule has 1 nitrogen and oxygen atoms in total. The Morgan fingerprint density at radius 1 is 1.46 bits per heavy atom. The van der Waals surface area contributed by atoms with E-state index in [-0.39, 0.29) is 0 Å². The Labute approximate surface area is 80.2 Å². The highest BCUT2D eigenvalue weighted by atomic mass is 14.7. The molecule has 0 aliphatic heterocycles. The number of aromatic nitrogens is 1. The number of hydrogen-bond acceptors (Lipinski definition) is 1. The third-order valence-corrected chi connectivity index (χ3v) is 2.78. The van der Waals surface area contributed by atoms with E-state index in [2.05, 4.69) is 31.0 Å². The maximum Gasteiger partial charge on any atom is 0.0438 e. The minimum atomic E-state index is 0.819.